The van der Waals surface area contributed by atoms with E-state index in [1.165, 1.54) is 10.5 Å². The smallest absolute Gasteiger partial charge is 0.322 e. The van der Waals surface area contributed by atoms with Gasteiger partial charge in [-0.15, -0.1) is 0 Å². The molecular weight excluding hydrogens is 342 g/mol. The molecule has 1 aliphatic rings. The Bertz CT molecular complexity index is 794. The summed E-state index contributed by atoms with van der Waals surface area (Å²) in [5, 5.41) is 15.6. The molecule has 2 atom stereocenters. The fourth-order valence-corrected chi connectivity index (χ4v) is 3.32. The molecule has 1 aliphatic heterocycles. The monoisotopic (exact) mass is 367 g/mol. The normalized spacial score (nSPS) is 19.0. The summed E-state index contributed by atoms with van der Waals surface area (Å²) in [4.78, 5) is 26.5. The van der Waals surface area contributed by atoms with E-state index in [4.69, 9.17) is 0 Å². The number of β-amino-alcohol motifs (C(OH)–C–C–N with tert-alkyl or cyclic N) is 1. The molecule has 3 N–H and O–H groups in total. The first-order chi connectivity index (χ1) is 13.0. The van der Waals surface area contributed by atoms with Crippen LogP contribution in [0.3, 0.4) is 0 Å². The van der Waals surface area contributed by atoms with Gasteiger partial charge in [0, 0.05) is 25.2 Å². The number of aryl methyl sites for hydroxylation is 1. The highest BCUT2D eigenvalue weighted by molar-refractivity contribution is 5.94. The molecule has 1 heterocycles. The highest BCUT2D eigenvalue weighted by Crippen LogP contribution is 2.20. The Hall–Kier alpha value is -2.86. The minimum absolute atomic E-state index is 0.147. The minimum atomic E-state index is -0.695. The molecule has 2 aromatic carbocycles. The number of urea groups is 1. The molecule has 0 aromatic heterocycles. The lowest BCUT2D eigenvalue weighted by Crippen LogP contribution is -2.47. The van der Waals surface area contributed by atoms with Gasteiger partial charge in [0.1, 0.15) is 6.04 Å². The highest BCUT2D eigenvalue weighted by atomic mass is 16.3. The van der Waals surface area contributed by atoms with Crippen LogP contribution in [0.1, 0.15) is 17.5 Å². The Labute approximate surface area is 159 Å². The van der Waals surface area contributed by atoms with Gasteiger partial charge in [-0.2, -0.15) is 0 Å². The maximum absolute atomic E-state index is 12.6. The first-order valence-corrected chi connectivity index (χ1v) is 9.17. The first kappa shape index (κ1) is 18.9. The van der Waals surface area contributed by atoms with E-state index < -0.39 is 12.1 Å². The number of nitrogens with one attached hydrogen (secondary N) is 2. The Morgan fingerprint density at radius 3 is 2.67 bits per heavy atom. The summed E-state index contributed by atoms with van der Waals surface area (Å²) in [5.41, 5.74) is 2.99. The maximum atomic E-state index is 12.6. The molecule has 6 nitrogen and oxygen atoms in total. The summed E-state index contributed by atoms with van der Waals surface area (Å²) in [5.74, 6) is -0.234. The van der Waals surface area contributed by atoms with Crippen LogP contribution in [0.5, 0.6) is 0 Å². The number of aliphatic hydroxyl groups excluding tert-OH is 1. The van der Waals surface area contributed by atoms with Gasteiger partial charge in [0.25, 0.3) is 0 Å². The van der Waals surface area contributed by atoms with Crippen molar-refractivity contribution in [2.75, 3.05) is 18.4 Å². The largest absolute Gasteiger partial charge is 0.391 e. The van der Waals surface area contributed by atoms with Gasteiger partial charge in [0.05, 0.1) is 6.10 Å². The molecule has 3 rings (SSSR count). The van der Waals surface area contributed by atoms with Crippen LogP contribution in [0.25, 0.3) is 0 Å². The van der Waals surface area contributed by atoms with Gasteiger partial charge >= 0.3 is 6.03 Å². The maximum Gasteiger partial charge on any atom is 0.322 e. The van der Waals surface area contributed by atoms with Crippen LogP contribution >= 0.6 is 0 Å². The van der Waals surface area contributed by atoms with E-state index in [0.717, 1.165) is 12.0 Å². The van der Waals surface area contributed by atoms with Crippen molar-refractivity contribution in [3.8, 4) is 0 Å². The Morgan fingerprint density at radius 1 is 1.15 bits per heavy atom. The second-order valence-electron chi connectivity index (χ2n) is 6.88. The molecule has 142 valence electrons. The lowest BCUT2D eigenvalue weighted by Gasteiger charge is -2.24. The standard InChI is InChI=1S/C21H25N3O3/c1-15-6-5-7-16(12-15)10-11-22-20(26)19-13-18(25)14-24(19)21(27)23-17-8-3-2-4-9-17/h2-9,12,18-19,25H,10-11,13-14H2,1H3,(H,22,26)(H,23,27). The van der Waals surface area contributed by atoms with Gasteiger partial charge in [-0.25, -0.2) is 4.79 Å². The third kappa shape index (κ3) is 5.08. The highest BCUT2D eigenvalue weighted by Gasteiger charge is 2.38. The van der Waals surface area contributed by atoms with Crippen LogP contribution in [-0.2, 0) is 11.2 Å². The number of aliphatic hydroxyl groups is 1. The van der Waals surface area contributed by atoms with Crippen molar-refractivity contribution >= 4 is 17.6 Å². The van der Waals surface area contributed by atoms with Gasteiger partial charge in [0.15, 0.2) is 0 Å². The molecule has 0 aliphatic carbocycles. The molecule has 2 unspecified atom stereocenters. The first-order valence-electron chi connectivity index (χ1n) is 9.17. The van der Waals surface area contributed by atoms with Crippen LogP contribution in [0.2, 0.25) is 0 Å². The van der Waals surface area contributed by atoms with Gasteiger partial charge in [-0.3, -0.25) is 4.79 Å². The summed E-state index contributed by atoms with van der Waals surface area (Å²) in [6, 6.07) is 16.2. The number of nitrogens with zero attached hydrogens (tertiary/aromatic N) is 1. The number of hydrogen-bond acceptors (Lipinski definition) is 3. The van der Waals surface area contributed by atoms with Crippen LogP contribution in [0, 0.1) is 6.92 Å². The van der Waals surface area contributed by atoms with Crippen molar-refractivity contribution in [3.05, 3.63) is 65.7 Å². The van der Waals surface area contributed by atoms with E-state index in [2.05, 4.69) is 16.7 Å². The fraction of sp³-hybridized carbons (Fsp3) is 0.333. The molecule has 0 bridgehead atoms. The number of carbonyl (C=O) groups excluding carboxylic acids is 2. The molecule has 3 amide bonds. The fourth-order valence-electron chi connectivity index (χ4n) is 3.32. The second kappa shape index (κ2) is 8.68. The van der Waals surface area contributed by atoms with Crippen LogP contribution in [-0.4, -0.2) is 47.2 Å². The van der Waals surface area contributed by atoms with Crippen LogP contribution < -0.4 is 10.6 Å². The third-order valence-corrected chi connectivity index (χ3v) is 4.66. The lowest BCUT2D eigenvalue weighted by molar-refractivity contribution is -0.124. The van der Waals surface area contributed by atoms with Crippen molar-refractivity contribution < 1.29 is 14.7 Å². The summed E-state index contributed by atoms with van der Waals surface area (Å²) in [7, 11) is 0. The number of para-hydroxylation sites is 1. The van der Waals surface area contributed by atoms with Crippen molar-refractivity contribution in [1.82, 2.24) is 10.2 Å². The van der Waals surface area contributed by atoms with Gasteiger partial charge in [-0.05, 0) is 31.0 Å². The van der Waals surface area contributed by atoms with E-state index in [9.17, 15) is 14.7 Å². The van der Waals surface area contributed by atoms with E-state index in [0.29, 0.717) is 12.2 Å². The average Bonchev–Trinajstić information content (AvgIpc) is 3.05. The van der Waals surface area contributed by atoms with Gasteiger partial charge in [-0.1, -0.05) is 48.0 Å². The quantitative estimate of drug-likeness (QED) is 0.759. The summed E-state index contributed by atoms with van der Waals surface area (Å²) >= 11 is 0. The molecule has 0 radical (unpaired) electrons. The Balaban J connectivity index is 1.56. The molecule has 0 spiro atoms. The van der Waals surface area contributed by atoms with E-state index in [1.807, 2.05) is 43.3 Å². The number of likely N-dealkylation sites (tertiary alicyclic amines) is 1. The van der Waals surface area contributed by atoms with Gasteiger partial charge in [0.2, 0.25) is 5.91 Å². The zero-order valence-electron chi connectivity index (χ0n) is 15.4. The average molecular weight is 367 g/mol. The van der Waals surface area contributed by atoms with Crippen molar-refractivity contribution in [3.63, 3.8) is 0 Å². The Morgan fingerprint density at radius 2 is 1.93 bits per heavy atom. The zero-order valence-corrected chi connectivity index (χ0v) is 15.4. The number of hydrogen-bond donors (Lipinski definition) is 3. The molecular formula is C21H25N3O3. The number of amides is 3. The van der Waals surface area contributed by atoms with Crippen molar-refractivity contribution in [2.24, 2.45) is 0 Å². The molecule has 6 heteroatoms. The summed E-state index contributed by atoms with van der Waals surface area (Å²) in [6.07, 6.45) is 0.274. The molecule has 27 heavy (non-hydrogen) atoms. The van der Waals surface area contributed by atoms with E-state index in [-0.39, 0.29) is 24.9 Å². The lowest BCUT2D eigenvalue weighted by atomic mass is 10.1. The summed E-state index contributed by atoms with van der Waals surface area (Å²) in [6.45, 7) is 2.67. The number of anilines is 1. The molecule has 0 saturated carbocycles. The molecule has 2 aromatic rings. The number of benzene rings is 2. The number of carbonyl (C=O) groups is 2. The van der Waals surface area contributed by atoms with Crippen LogP contribution in [0.15, 0.2) is 54.6 Å². The minimum Gasteiger partial charge on any atom is -0.391 e. The predicted molar refractivity (Wildman–Crippen MR) is 104 cm³/mol. The van der Waals surface area contributed by atoms with Gasteiger partial charge < -0.3 is 20.6 Å². The molecule has 1 saturated heterocycles. The van der Waals surface area contributed by atoms with E-state index in [1.54, 1.807) is 12.1 Å². The topological polar surface area (TPSA) is 81.7 Å². The SMILES string of the molecule is Cc1cccc(CCNC(=O)C2CC(O)CN2C(=O)Nc2ccccc2)c1. The van der Waals surface area contributed by atoms with Crippen LogP contribution in [0.4, 0.5) is 10.5 Å². The third-order valence-electron chi connectivity index (χ3n) is 4.66. The second-order valence-corrected chi connectivity index (χ2v) is 6.88. The molecule has 1 fully saturated rings. The summed E-state index contributed by atoms with van der Waals surface area (Å²) < 4.78 is 0. The van der Waals surface area contributed by atoms with E-state index >= 15 is 0 Å². The predicted octanol–water partition coefficient (Wildman–Crippen LogP) is 2.32. The zero-order chi connectivity index (χ0) is 19.2. The number of rotatable bonds is 5. The Kier molecular flexibility index (Phi) is 6.08. The van der Waals surface area contributed by atoms with Crippen molar-refractivity contribution in [1.29, 1.82) is 0 Å². The van der Waals surface area contributed by atoms with Crippen molar-refractivity contribution in [2.45, 2.75) is 31.9 Å².